The molecule has 1 aromatic heterocycles. The summed E-state index contributed by atoms with van der Waals surface area (Å²) in [5, 5.41) is 18.7. The summed E-state index contributed by atoms with van der Waals surface area (Å²) in [5.41, 5.74) is 2.44. The maximum Gasteiger partial charge on any atom is 0.256 e. The molecule has 0 unspecified atom stereocenters. The number of para-hydroxylation sites is 1. The third kappa shape index (κ3) is 7.91. The monoisotopic (exact) mass is 698 g/mol. The van der Waals surface area contributed by atoms with E-state index < -0.39 is 0 Å². The molecule has 52 heavy (non-hydrogen) atoms. The third-order valence-corrected chi connectivity index (χ3v) is 8.83. The fourth-order valence-corrected chi connectivity index (χ4v) is 6.15. The first-order valence-electron chi connectivity index (χ1n) is 17.1. The minimum Gasteiger partial charge on any atom is -0.504 e. The zero-order valence-corrected chi connectivity index (χ0v) is 28.6. The fraction of sp³-hybridized carbons (Fsp3) is 0.195. The van der Waals surface area contributed by atoms with Crippen LogP contribution in [0.25, 0.3) is 21.7 Å². The van der Waals surface area contributed by atoms with Gasteiger partial charge in [-0.3, -0.25) is 19.5 Å². The Morgan fingerprint density at radius 1 is 0.827 bits per heavy atom. The quantitative estimate of drug-likeness (QED) is 0.111. The minimum absolute atomic E-state index is 0.00452. The normalized spacial score (nSPS) is 13.1. The van der Waals surface area contributed by atoms with E-state index in [1.54, 1.807) is 72.9 Å². The van der Waals surface area contributed by atoms with Gasteiger partial charge in [0.05, 0.1) is 38.1 Å². The fourth-order valence-electron chi connectivity index (χ4n) is 6.15. The van der Waals surface area contributed by atoms with Crippen molar-refractivity contribution in [1.82, 2.24) is 9.88 Å². The minimum atomic E-state index is -0.368. The van der Waals surface area contributed by atoms with E-state index in [-0.39, 0.29) is 17.6 Å². The van der Waals surface area contributed by atoms with Crippen LogP contribution >= 0.6 is 0 Å². The van der Waals surface area contributed by atoms with Crippen molar-refractivity contribution in [3.05, 3.63) is 120 Å². The van der Waals surface area contributed by atoms with Gasteiger partial charge in [-0.2, -0.15) is 0 Å². The van der Waals surface area contributed by atoms with Gasteiger partial charge in [0, 0.05) is 54.1 Å². The Labute approximate surface area is 300 Å². The van der Waals surface area contributed by atoms with Gasteiger partial charge in [-0.15, -0.1) is 0 Å². The van der Waals surface area contributed by atoms with E-state index in [0.717, 1.165) is 44.7 Å². The highest BCUT2D eigenvalue weighted by Gasteiger charge is 2.17. The number of pyridine rings is 1. The first-order chi connectivity index (χ1) is 25.4. The standard InChI is InChI=1S/C41H38N4O7/c1-49-38-14-11-28(40(47)43-29-8-3-2-4-9-29)24-35(38)44-41(48)32-10-5-7-27-23-30(12-13-31(27)32)52-37-15-16-42-34-26-39(36(46)25-33(34)37)51-20-6-17-45-18-21-50-22-19-45/h2-5,7-16,23-26,46H,6,17-22H2,1H3,(H,43,47)(H,44,48). The van der Waals surface area contributed by atoms with Crippen LogP contribution in [-0.4, -0.2) is 73.4 Å². The number of phenols is 1. The maximum atomic E-state index is 13.7. The van der Waals surface area contributed by atoms with E-state index in [1.165, 1.54) is 7.11 Å². The van der Waals surface area contributed by atoms with Crippen LogP contribution in [0.15, 0.2) is 109 Å². The lowest BCUT2D eigenvalue weighted by Gasteiger charge is -2.26. The molecule has 0 spiro atoms. The van der Waals surface area contributed by atoms with Crippen molar-refractivity contribution < 1.29 is 33.6 Å². The van der Waals surface area contributed by atoms with Crippen LogP contribution in [0.1, 0.15) is 27.1 Å². The van der Waals surface area contributed by atoms with E-state index in [9.17, 15) is 14.7 Å². The van der Waals surface area contributed by atoms with Gasteiger partial charge in [0.25, 0.3) is 11.8 Å². The highest BCUT2D eigenvalue weighted by Crippen LogP contribution is 2.37. The Kier molecular flexibility index (Phi) is 10.4. The molecule has 11 nitrogen and oxygen atoms in total. The van der Waals surface area contributed by atoms with Crippen LogP contribution in [0.3, 0.4) is 0 Å². The van der Waals surface area contributed by atoms with Crippen LogP contribution in [0.4, 0.5) is 11.4 Å². The van der Waals surface area contributed by atoms with Crippen molar-refractivity contribution in [2.75, 3.05) is 57.2 Å². The summed E-state index contributed by atoms with van der Waals surface area (Å²) in [6.07, 6.45) is 2.48. The number of methoxy groups -OCH3 is 1. The number of nitrogens with one attached hydrogen (secondary N) is 2. The molecule has 264 valence electrons. The number of morpholine rings is 1. The Morgan fingerprint density at radius 3 is 2.50 bits per heavy atom. The summed E-state index contributed by atoms with van der Waals surface area (Å²) in [4.78, 5) is 33.4. The third-order valence-electron chi connectivity index (χ3n) is 8.83. The number of aromatic nitrogens is 1. The summed E-state index contributed by atoms with van der Waals surface area (Å²) in [7, 11) is 1.50. The molecule has 6 aromatic rings. The van der Waals surface area contributed by atoms with Crippen molar-refractivity contribution in [1.29, 1.82) is 0 Å². The average molecular weight is 699 g/mol. The van der Waals surface area contributed by atoms with E-state index in [4.69, 9.17) is 18.9 Å². The number of nitrogens with zero attached hydrogens (tertiary/aromatic N) is 2. The second kappa shape index (κ2) is 15.8. The van der Waals surface area contributed by atoms with E-state index >= 15 is 0 Å². The van der Waals surface area contributed by atoms with Gasteiger partial charge in [-0.1, -0.05) is 30.3 Å². The molecule has 11 heteroatoms. The molecule has 1 saturated heterocycles. The molecule has 0 radical (unpaired) electrons. The molecule has 0 bridgehead atoms. The molecular formula is C41H38N4O7. The van der Waals surface area contributed by atoms with E-state index in [0.29, 0.717) is 68.4 Å². The summed E-state index contributed by atoms with van der Waals surface area (Å²) < 4.78 is 23.1. The predicted octanol–water partition coefficient (Wildman–Crippen LogP) is 7.50. The Balaban J connectivity index is 1.05. The number of carbonyl (C=O) groups is 2. The molecule has 0 aliphatic carbocycles. The smallest absolute Gasteiger partial charge is 0.256 e. The lowest BCUT2D eigenvalue weighted by atomic mass is 10.0. The Morgan fingerprint density at radius 2 is 1.67 bits per heavy atom. The number of hydrogen-bond donors (Lipinski definition) is 3. The van der Waals surface area contributed by atoms with E-state index in [2.05, 4.69) is 20.5 Å². The number of phenolic OH excluding ortho intramolecular Hbond substituents is 1. The van der Waals surface area contributed by atoms with Gasteiger partial charge in [0.2, 0.25) is 0 Å². The van der Waals surface area contributed by atoms with Crippen LogP contribution in [0, 0.1) is 0 Å². The van der Waals surface area contributed by atoms with Gasteiger partial charge in [0.1, 0.15) is 17.2 Å². The molecule has 0 atom stereocenters. The number of carbonyl (C=O) groups excluding carboxylic acids is 2. The van der Waals surface area contributed by atoms with Crippen molar-refractivity contribution in [2.24, 2.45) is 0 Å². The van der Waals surface area contributed by atoms with E-state index in [1.807, 2.05) is 36.4 Å². The summed E-state index contributed by atoms with van der Waals surface area (Å²) in [6, 6.07) is 30.0. The summed E-state index contributed by atoms with van der Waals surface area (Å²) >= 11 is 0. The van der Waals surface area contributed by atoms with Crippen LogP contribution in [0.2, 0.25) is 0 Å². The maximum absolute atomic E-state index is 13.7. The average Bonchev–Trinajstić information content (AvgIpc) is 3.17. The molecule has 1 fully saturated rings. The van der Waals surface area contributed by atoms with Crippen LogP contribution in [0.5, 0.6) is 28.7 Å². The second-order valence-electron chi connectivity index (χ2n) is 12.3. The highest BCUT2D eigenvalue weighted by molar-refractivity contribution is 6.14. The zero-order valence-electron chi connectivity index (χ0n) is 28.6. The van der Waals surface area contributed by atoms with Gasteiger partial charge < -0.3 is 34.7 Å². The molecule has 2 amide bonds. The second-order valence-corrected chi connectivity index (χ2v) is 12.3. The first-order valence-corrected chi connectivity index (χ1v) is 17.1. The molecule has 7 rings (SSSR count). The van der Waals surface area contributed by atoms with Crippen molar-refractivity contribution in [3.8, 4) is 28.7 Å². The largest absolute Gasteiger partial charge is 0.504 e. The Bertz CT molecular complexity index is 2220. The predicted molar refractivity (Wildman–Crippen MR) is 200 cm³/mol. The summed E-state index contributed by atoms with van der Waals surface area (Å²) in [6.45, 7) is 4.73. The molecule has 3 N–H and O–H groups in total. The lowest BCUT2D eigenvalue weighted by molar-refractivity contribution is 0.0357. The number of benzene rings is 5. The number of hydrogen-bond acceptors (Lipinski definition) is 9. The summed E-state index contributed by atoms with van der Waals surface area (Å²) in [5.74, 6) is 1.16. The van der Waals surface area contributed by atoms with Gasteiger partial charge >= 0.3 is 0 Å². The SMILES string of the molecule is COc1ccc(C(=O)Nc2ccccc2)cc1NC(=O)c1cccc2cc(Oc3ccnc4cc(OCCCN5CCOCC5)c(O)cc34)ccc12. The number of fused-ring (bicyclic) bond motifs is 2. The molecule has 5 aromatic carbocycles. The lowest BCUT2D eigenvalue weighted by Crippen LogP contribution is -2.37. The first kappa shape index (κ1) is 34.3. The molecule has 0 saturated carbocycles. The van der Waals surface area contributed by atoms with Crippen LogP contribution in [-0.2, 0) is 4.74 Å². The van der Waals surface area contributed by atoms with Crippen molar-refractivity contribution >= 4 is 44.9 Å². The van der Waals surface area contributed by atoms with Crippen molar-refractivity contribution in [3.63, 3.8) is 0 Å². The van der Waals surface area contributed by atoms with Gasteiger partial charge in [-0.05, 0) is 83.9 Å². The molecule has 2 heterocycles. The number of amides is 2. The van der Waals surface area contributed by atoms with Crippen LogP contribution < -0.4 is 24.8 Å². The number of aromatic hydroxyl groups is 1. The highest BCUT2D eigenvalue weighted by atomic mass is 16.5. The number of ether oxygens (including phenoxy) is 4. The number of rotatable bonds is 12. The topological polar surface area (TPSA) is 131 Å². The Hall–Kier alpha value is -6.17. The molecule has 1 aliphatic heterocycles. The molecular weight excluding hydrogens is 660 g/mol. The van der Waals surface area contributed by atoms with Gasteiger partial charge in [-0.25, -0.2) is 0 Å². The van der Waals surface area contributed by atoms with Crippen molar-refractivity contribution in [2.45, 2.75) is 6.42 Å². The molecule has 1 aliphatic rings. The number of anilines is 2. The van der Waals surface area contributed by atoms with Gasteiger partial charge in [0.15, 0.2) is 11.5 Å². The zero-order chi connectivity index (χ0) is 35.9.